The quantitative estimate of drug-likeness (QED) is 0.702. The normalized spacial score (nSPS) is 19.3. The molecule has 2 aliphatic rings. The third kappa shape index (κ3) is 4.59. The Morgan fingerprint density at radius 2 is 1.94 bits per heavy atom. The Balaban J connectivity index is 1.37. The fraction of sp³-hybridized carbons (Fsp3) is 0.520. The number of hydrogen-bond donors (Lipinski definition) is 0. The molecule has 2 amide bonds. The van der Waals surface area contributed by atoms with Gasteiger partial charge < -0.3 is 4.90 Å². The second-order valence-electron chi connectivity index (χ2n) is 9.81. The summed E-state index contributed by atoms with van der Waals surface area (Å²) in [5.74, 6) is 0. The van der Waals surface area contributed by atoms with Crippen LogP contribution in [0.2, 0.25) is 0 Å². The number of aromatic nitrogens is 1. The summed E-state index contributed by atoms with van der Waals surface area (Å²) in [5, 5.41) is 0. The molecule has 6 nitrogen and oxygen atoms in total. The highest BCUT2D eigenvalue weighted by atomic mass is 32.2. The zero-order valence-electron chi connectivity index (χ0n) is 19.8. The molecule has 32 heavy (non-hydrogen) atoms. The average Bonchev–Trinajstić information content (AvgIpc) is 3.03. The van der Waals surface area contributed by atoms with E-state index in [1.165, 1.54) is 5.56 Å². The molecule has 0 radical (unpaired) electrons. The van der Waals surface area contributed by atoms with Crippen molar-refractivity contribution < 1.29 is 9.00 Å². The molecular formula is C25H34N4O2S. The second-order valence-corrected chi connectivity index (χ2v) is 11.2. The van der Waals surface area contributed by atoms with E-state index in [1.807, 2.05) is 47.1 Å². The molecule has 172 valence electrons. The van der Waals surface area contributed by atoms with E-state index < -0.39 is 10.8 Å². The Hall–Kier alpha value is -2.25. The van der Waals surface area contributed by atoms with Crippen LogP contribution in [0.3, 0.4) is 0 Å². The summed E-state index contributed by atoms with van der Waals surface area (Å²) in [4.78, 5) is 25.3. The van der Waals surface area contributed by atoms with Crippen LogP contribution in [0.25, 0.3) is 0 Å². The number of likely N-dealkylation sites (tertiary alicyclic amines) is 1. The number of aryl methyl sites for hydroxylation is 1. The number of nitrogens with zero attached hydrogens (tertiary/aromatic N) is 4. The van der Waals surface area contributed by atoms with Gasteiger partial charge in [0, 0.05) is 65.3 Å². The third-order valence-corrected chi connectivity index (χ3v) is 7.67. The SMILES string of the molecule is Cc1ccc2c(n1)C(C)(C)CN2C(=O)N1CCC(N(C)Cc2cccc(S(C)=O)c2)CC1. The van der Waals surface area contributed by atoms with Crippen molar-refractivity contribution in [1.29, 1.82) is 0 Å². The number of pyridine rings is 1. The number of fused-ring (bicyclic) bond motifs is 1. The molecule has 7 heteroatoms. The van der Waals surface area contributed by atoms with Crippen molar-refractivity contribution in [2.75, 3.05) is 37.8 Å². The fourth-order valence-corrected chi connectivity index (χ4v) is 5.49. The van der Waals surface area contributed by atoms with Crippen LogP contribution < -0.4 is 4.90 Å². The lowest BCUT2D eigenvalue weighted by atomic mass is 9.91. The van der Waals surface area contributed by atoms with Crippen LogP contribution in [0.4, 0.5) is 10.5 Å². The highest BCUT2D eigenvalue weighted by Crippen LogP contribution is 2.40. The first-order valence-corrected chi connectivity index (χ1v) is 12.9. The van der Waals surface area contributed by atoms with Gasteiger partial charge in [0.25, 0.3) is 0 Å². The van der Waals surface area contributed by atoms with Crippen molar-refractivity contribution in [2.45, 2.75) is 56.5 Å². The van der Waals surface area contributed by atoms with E-state index in [4.69, 9.17) is 4.98 Å². The van der Waals surface area contributed by atoms with Crippen molar-refractivity contribution >= 4 is 22.5 Å². The minimum atomic E-state index is -0.965. The highest BCUT2D eigenvalue weighted by Gasteiger charge is 2.41. The maximum Gasteiger partial charge on any atom is 0.324 e. The van der Waals surface area contributed by atoms with Crippen LogP contribution in [-0.4, -0.2) is 64.0 Å². The molecule has 0 spiro atoms. The van der Waals surface area contributed by atoms with Crippen molar-refractivity contribution in [2.24, 2.45) is 0 Å². The lowest BCUT2D eigenvalue weighted by Crippen LogP contribution is -2.50. The molecule has 2 aromatic rings. The van der Waals surface area contributed by atoms with Gasteiger partial charge in [-0.25, -0.2) is 4.79 Å². The van der Waals surface area contributed by atoms with Gasteiger partial charge in [-0.2, -0.15) is 0 Å². The number of rotatable bonds is 4. The molecular weight excluding hydrogens is 420 g/mol. The number of carbonyl (C=O) groups is 1. The van der Waals surface area contributed by atoms with Gasteiger partial charge in [-0.1, -0.05) is 26.0 Å². The number of piperidine rings is 1. The van der Waals surface area contributed by atoms with Crippen LogP contribution in [0.15, 0.2) is 41.3 Å². The Morgan fingerprint density at radius 3 is 2.62 bits per heavy atom. The highest BCUT2D eigenvalue weighted by molar-refractivity contribution is 7.84. The average molecular weight is 455 g/mol. The van der Waals surface area contributed by atoms with E-state index in [9.17, 15) is 9.00 Å². The lowest BCUT2D eigenvalue weighted by Gasteiger charge is -2.38. The minimum Gasteiger partial charge on any atom is -0.324 e. The summed E-state index contributed by atoms with van der Waals surface area (Å²) in [6, 6.07) is 12.6. The van der Waals surface area contributed by atoms with E-state index >= 15 is 0 Å². The van der Waals surface area contributed by atoms with E-state index in [0.717, 1.165) is 54.4 Å². The van der Waals surface area contributed by atoms with Crippen LogP contribution in [-0.2, 0) is 22.8 Å². The van der Waals surface area contributed by atoms with Crippen LogP contribution in [0.5, 0.6) is 0 Å². The molecule has 0 N–H and O–H groups in total. The molecule has 4 rings (SSSR count). The van der Waals surface area contributed by atoms with E-state index in [0.29, 0.717) is 12.6 Å². The predicted molar refractivity (Wildman–Crippen MR) is 130 cm³/mol. The monoisotopic (exact) mass is 454 g/mol. The smallest absolute Gasteiger partial charge is 0.324 e. The third-order valence-electron chi connectivity index (χ3n) is 6.75. The molecule has 0 aliphatic carbocycles. The predicted octanol–water partition coefficient (Wildman–Crippen LogP) is 3.94. The van der Waals surface area contributed by atoms with Crippen molar-refractivity contribution in [1.82, 2.24) is 14.8 Å². The zero-order chi connectivity index (χ0) is 23.0. The Kier molecular flexibility index (Phi) is 6.41. The second kappa shape index (κ2) is 8.94. The minimum absolute atomic E-state index is 0.0988. The largest absolute Gasteiger partial charge is 0.324 e. The number of hydrogen-bond acceptors (Lipinski definition) is 4. The van der Waals surface area contributed by atoms with Gasteiger partial charge in [0.2, 0.25) is 0 Å². The van der Waals surface area contributed by atoms with E-state index in [2.05, 4.69) is 31.9 Å². The maximum absolute atomic E-state index is 13.4. The molecule has 0 bridgehead atoms. The van der Waals surface area contributed by atoms with Gasteiger partial charge in [0.1, 0.15) is 0 Å². The number of benzene rings is 1. The molecule has 1 saturated heterocycles. The van der Waals surface area contributed by atoms with Gasteiger partial charge in [-0.3, -0.25) is 19.0 Å². The fourth-order valence-electron chi connectivity index (χ4n) is 4.90. The van der Waals surface area contributed by atoms with Crippen LogP contribution in [0.1, 0.15) is 43.6 Å². The zero-order valence-corrected chi connectivity index (χ0v) is 20.6. The summed E-state index contributed by atoms with van der Waals surface area (Å²) in [7, 11) is 1.18. The van der Waals surface area contributed by atoms with E-state index in [-0.39, 0.29) is 11.4 Å². The number of carbonyl (C=O) groups excluding carboxylic acids is 1. The number of anilines is 1. The molecule has 1 fully saturated rings. The Labute approximate surface area is 194 Å². The summed E-state index contributed by atoms with van der Waals surface area (Å²) >= 11 is 0. The number of amides is 2. The summed E-state index contributed by atoms with van der Waals surface area (Å²) in [6.07, 6.45) is 3.63. The summed E-state index contributed by atoms with van der Waals surface area (Å²) in [5.41, 5.74) is 4.02. The number of urea groups is 1. The van der Waals surface area contributed by atoms with Gasteiger partial charge >= 0.3 is 6.03 Å². The van der Waals surface area contributed by atoms with Crippen molar-refractivity contribution in [3.63, 3.8) is 0 Å². The molecule has 2 aliphatic heterocycles. The first-order chi connectivity index (χ1) is 15.2. The molecule has 1 aromatic carbocycles. The topological polar surface area (TPSA) is 56.8 Å². The van der Waals surface area contributed by atoms with Crippen molar-refractivity contribution in [3.05, 3.63) is 53.3 Å². The van der Waals surface area contributed by atoms with Gasteiger partial charge in [-0.05, 0) is 56.6 Å². The van der Waals surface area contributed by atoms with Gasteiger partial charge in [0.05, 0.1) is 11.4 Å². The van der Waals surface area contributed by atoms with Gasteiger partial charge in [-0.15, -0.1) is 0 Å². The summed E-state index contributed by atoms with van der Waals surface area (Å²) in [6.45, 7) is 9.34. The van der Waals surface area contributed by atoms with Crippen molar-refractivity contribution in [3.8, 4) is 0 Å². The molecule has 1 atom stereocenters. The van der Waals surface area contributed by atoms with Crippen LogP contribution >= 0.6 is 0 Å². The molecule has 1 unspecified atom stereocenters. The summed E-state index contributed by atoms with van der Waals surface area (Å²) < 4.78 is 11.8. The van der Waals surface area contributed by atoms with Crippen LogP contribution in [0, 0.1) is 6.92 Å². The Bertz CT molecular complexity index is 1030. The molecule has 0 saturated carbocycles. The molecule has 3 heterocycles. The van der Waals surface area contributed by atoms with E-state index in [1.54, 1.807) is 6.26 Å². The standard InChI is InChI=1S/C25H34N4O2S/c1-18-9-10-22-23(26-18)25(2,3)17-29(22)24(30)28-13-11-20(12-14-28)27(4)16-19-7-6-8-21(15-19)32(5)31/h6-10,15,20H,11-14,16-17H2,1-5H3. The first kappa shape index (κ1) is 22.9. The molecule has 1 aromatic heterocycles. The van der Waals surface area contributed by atoms with Gasteiger partial charge in [0.15, 0.2) is 0 Å². The maximum atomic E-state index is 13.4. The lowest BCUT2D eigenvalue weighted by molar-refractivity contribution is 0.133. The first-order valence-electron chi connectivity index (χ1n) is 11.3. The Morgan fingerprint density at radius 1 is 1.22 bits per heavy atom.